The maximum atomic E-state index is 13.5. The Morgan fingerprint density at radius 2 is 2.14 bits per heavy atom. The highest BCUT2D eigenvalue weighted by Crippen LogP contribution is 2.25. The monoisotopic (exact) mass is 294 g/mol. The van der Waals surface area contributed by atoms with Gasteiger partial charge in [0.2, 0.25) is 0 Å². The van der Waals surface area contributed by atoms with Crippen molar-refractivity contribution in [2.24, 2.45) is 0 Å². The van der Waals surface area contributed by atoms with Gasteiger partial charge in [-0.1, -0.05) is 6.07 Å². The van der Waals surface area contributed by atoms with Crippen molar-refractivity contribution in [3.8, 4) is 0 Å². The first-order chi connectivity index (χ1) is 10.0. The van der Waals surface area contributed by atoms with Gasteiger partial charge in [0.25, 0.3) is 5.91 Å². The van der Waals surface area contributed by atoms with Crippen molar-refractivity contribution in [1.82, 2.24) is 4.90 Å². The van der Waals surface area contributed by atoms with Gasteiger partial charge in [-0.3, -0.25) is 9.59 Å². The third kappa shape index (κ3) is 3.51. The molecule has 1 aromatic carbocycles. The molecule has 1 fully saturated rings. The average Bonchev–Trinajstić information content (AvgIpc) is 2.47. The Labute approximate surface area is 122 Å². The van der Waals surface area contributed by atoms with Gasteiger partial charge in [0.1, 0.15) is 5.82 Å². The molecule has 3 N–H and O–H groups in total. The average molecular weight is 294 g/mol. The Morgan fingerprint density at radius 3 is 2.86 bits per heavy atom. The molecule has 1 unspecified atom stereocenters. The summed E-state index contributed by atoms with van der Waals surface area (Å²) in [6.07, 6.45) is 3.04. The highest BCUT2D eigenvalue weighted by molar-refractivity contribution is 5.99. The molecule has 0 radical (unpaired) electrons. The first-order valence-electron chi connectivity index (χ1n) is 7.07. The van der Waals surface area contributed by atoms with Gasteiger partial charge >= 0.3 is 5.97 Å². The maximum absolute atomic E-state index is 13.5. The van der Waals surface area contributed by atoms with E-state index in [1.54, 1.807) is 4.90 Å². The summed E-state index contributed by atoms with van der Waals surface area (Å²) in [5.74, 6) is -1.81. The number of hydrogen-bond donors (Lipinski definition) is 2. The number of amides is 1. The van der Waals surface area contributed by atoms with Crippen LogP contribution in [0.25, 0.3) is 0 Å². The lowest BCUT2D eigenvalue weighted by atomic mass is 9.96. The van der Waals surface area contributed by atoms with Gasteiger partial charge in [-0.05, 0) is 37.8 Å². The molecule has 1 saturated heterocycles. The number of nitrogens with two attached hydrogens (primary N) is 1. The van der Waals surface area contributed by atoms with E-state index in [2.05, 4.69) is 0 Å². The van der Waals surface area contributed by atoms with Crippen LogP contribution in [0, 0.1) is 5.82 Å². The maximum Gasteiger partial charge on any atom is 0.303 e. The Hall–Kier alpha value is -2.11. The molecular weight excluding hydrogens is 275 g/mol. The van der Waals surface area contributed by atoms with Gasteiger partial charge in [0.05, 0.1) is 11.3 Å². The summed E-state index contributed by atoms with van der Waals surface area (Å²) in [6, 6.07) is 4.05. The summed E-state index contributed by atoms with van der Waals surface area (Å²) in [6.45, 7) is 0.555. The zero-order valence-corrected chi connectivity index (χ0v) is 11.7. The number of benzene rings is 1. The molecule has 1 aliphatic rings. The number of anilines is 1. The van der Waals surface area contributed by atoms with E-state index in [4.69, 9.17) is 10.8 Å². The predicted octanol–water partition coefficient (Wildman–Crippen LogP) is 2.27. The van der Waals surface area contributed by atoms with E-state index in [1.165, 1.54) is 18.2 Å². The van der Waals surface area contributed by atoms with Crippen LogP contribution in [0.15, 0.2) is 18.2 Å². The molecule has 0 aromatic heterocycles. The topological polar surface area (TPSA) is 83.6 Å². The number of likely N-dealkylation sites (tertiary alicyclic amines) is 1. The van der Waals surface area contributed by atoms with Crippen LogP contribution in [-0.2, 0) is 4.79 Å². The van der Waals surface area contributed by atoms with Crippen LogP contribution in [0.2, 0.25) is 0 Å². The normalized spacial score (nSPS) is 18.5. The van der Waals surface area contributed by atoms with E-state index in [1.807, 2.05) is 0 Å². The molecular formula is C15H19FN2O3. The SMILES string of the molecule is Nc1c(F)cccc1C(=O)N1CCCCC1CCC(=O)O. The van der Waals surface area contributed by atoms with Gasteiger partial charge in [-0.2, -0.15) is 0 Å². The number of piperidine rings is 1. The number of carbonyl (C=O) groups is 2. The molecule has 6 heteroatoms. The number of rotatable bonds is 4. The molecule has 5 nitrogen and oxygen atoms in total. The number of nitrogen functional groups attached to an aromatic ring is 1. The zero-order valence-electron chi connectivity index (χ0n) is 11.7. The standard InChI is InChI=1S/C15H19FN2O3/c16-12-6-3-5-11(14(12)17)15(21)18-9-2-1-4-10(18)7-8-13(19)20/h3,5-6,10H,1-2,4,7-9,17H2,(H,19,20). The van der Waals surface area contributed by atoms with Gasteiger partial charge in [0, 0.05) is 19.0 Å². The summed E-state index contributed by atoms with van der Waals surface area (Å²) in [7, 11) is 0. The van der Waals surface area contributed by atoms with Crippen molar-refractivity contribution in [3.05, 3.63) is 29.6 Å². The zero-order chi connectivity index (χ0) is 15.4. The fourth-order valence-corrected chi connectivity index (χ4v) is 2.74. The van der Waals surface area contributed by atoms with Crippen LogP contribution < -0.4 is 5.73 Å². The molecule has 0 spiro atoms. The van der Waals surface area contributed by atoms with Gasteiger partial charge in [0.15, 0.2) is 0 Å². The fraction of sp³-hybridized carbons (Fsp3) is 0.467. The van der Waals surface area contributed by atoms with E-state index >= 15 is 0 Å². The van der Waals surface area contributed by atoms with Crippen molar-refractivity contribution >= 4 is 17.6 Å². The molecule has 1 amide bonds. The number of hydrogen-bond acceptors (Lipinski definition) is 3. The molecule has 0 saturated carbocycles. The first kappa shape index (κ1) is 15.3. The van der Waals surface area contributed by atoms with Crippen molar-refractivity contribution in [1.29, 1.82) is 0 Å². The number of carbonyl (C=O) groups excluding carboxylic acids is 1. The van der Waals surface area contributed by atoms with Crippen LogP contribution >= 0.6 is 0 Å². The summed E-state index contributed by atoms with van der Waals surface area (Å²) in [4.78, 5) is 24.9. The van der Waals surface area contributed by atoms with Crippen LogP contribution in [0.5, 0.6) is 0 Å². The lowest BCUT2D eigenvalue weighted by molar-refractivity contribution is -0.137. The van der Waals surface area contributed by atoms with Crippen molar-refractivity contribution in [2.45, 2.75) is 38.1 Å². The molecule has 1 atom stereocenters. The van der Waals surface area contributed by atoms with E-state index in [9.17, 15) is 14.0 Å². The van der Waals surface area contributed by atoms with Crippen molar-refractivity contribution < 1.29 is 19.1 Å². The van der Waals surface area contributed by atoms with Crippen LogP contribution in [-0.4, -0.2) is 34.5 Å². The van der Waals surface area contributed by atoms with E-state index in [-0.39, 0.29) is 29.6 Å². The van der Waals surface area contributed by atoms with Crippen LogP contribution in [0.4, 0.5) is 10.1 Å². The molecule has 114 valence electrons. The smallest absolute Gasteiger partial charge is 0.303 e. The summed E-state index contributed by atoms with van der Waals surface area (Å²) in [5.41, 5.74) is 5.64. The number of halogens is 1. The second-order valence-electron chi connectivity index (χ2n) is 5.28. The Balaban J connectivity index is 2.18. The second-order valence-corrected chi connectivity index (χ2v) is 5.28. The van der Waals surface area contributed by atoms with Crippen LogP contribution in [0.3, 0.4) is 0 Å². The van der Waals surface area contributed by atoms with E-state index in [0.29, 0.717) is 13.0 Å². The number of carboxylic acids is 1. The summed E-state index contributed by atoms with van der Waals surface area (Å²) >= 11 is 0. The Morgan fingerprint density at radius 1 is 1.38 bits per heavy atom. The molecule has 1 aliphatic heterocycles. The largest absolute Gasteiger partial charge is 0.481 e. The quantitative estimate of drug-likeness (QED) is 0.834. The molecule has 2 rings (SSSR count). The lowest BCUT2D eigenvalue weighted by Crippen LogP contribution is -2.44. The van der Waals surface area contributed by atoms with Crippen LogP contribution in [0.1, 0.15) is 42.5 Å². The Kier molecular flexibility index (Phi) is 4.77. The van der Waals surface area contributed by atoms with Crippen molar-refractivity contribution in [3.63, 3.8) is 0 Å². The van der Waals surface area contributed by atoms with Gasteiger partial charge in [-0.25, -0.2) is 4.39 Å². The molecule has 0 bridgehead atoms. The lowest BCUT2D eigenvalue weighted by Gasteiger charge is -2.36. The minimum atomic E-state index is -0.877. The fourth-order valence-electron chi connectivity index (χ4n) is 2.74. The number of para-hydroxylation sites is 1. The van der Waals surface area contributed by atoms with Gasteiger partial charge < -0.3 is 15.7 Å². The molecule has 0 aliphatic carbocycles. The third-order valence-corrected chi connectivity index (χ3v) is 3.86. The predicted molar refractivity (Wildman–Crippen MR) is 76.4 cm³/mol. The number of nitrogens with zero attached hydrogens (tertiary/aromatic N) is 1. The molecule has 1 aromatic rings. The van der Waals surface area contributed by atoms with Gasteiger partial charge in [-0.15, -0.1) is 0 Å². The highest BCUT2D eigenvalue weighted by atomic mass is 19.1. The minimum Gasteiger partial charge on any atom is -0.481 e. The Bertz CT molecular complexity index is 548. The number of carboxylic acid groups (broad SMARTS) is 1. The number of aliphatic carboxylic acids is 1. The van der Waals surface area contributed by atoms with Crippen molar-refractivity contribution in [2.75, 3.05) is 12.3 Å². The highest BCUT2D eigenvalue weighted by Gasteiger charge is 2.29. The second kappa shape index (κ2) is 6.56. The third-order valence-electron chi connectivity index (χ3n) is 3.86. The summed E-state index contributed by atoms with van der Waals surface area (Å²) in [5, 5.41) is 8.79. The first-order valence-corrected chi connectivity index (χ1v) is 7.07. The van der Waals surface area contributed by atoms with E-state index in [0.717, 1.165) is 19.3 Å². The minimum absolute atomic E-state index is 0.0209. The molecule has 1 heterocycles. The summed E-state index contributed by atoms with van der Waals surface area (Å²) < 4.78 is 13.5. The molecule has 21 heavy (non-hydrogen) atoms. The van der Waals surface area contributed by atoms with E-state index < -0.39 is 11.8 Å².